The summed E-state index contributed by atoms with van der Waals surface area (Å²) in [6.45, 7) is 25.2. The van der Waals surface area contributed by atoms with E-state index < -0.39 is 23.2 Å². The van der Waals surface area contributed by atoms with Gasteiger partial charge in [0, 0.05) is 0 Å². The van der Waals surface area contributed by atoms with Crippen LogP contribution >= 0.6 is 0 Å². The average Bonchev–Trinajstić information content (AvgIpc) is 3.49. The van der Waals surface area contributed by atoms with Crippen LogP contribution in [0.15, 0.2) is 42.0 Å². The third kappa shape index (κ3) is 7.15. The SMILES string of the molecule is CC(C)C(C)(C)C1CCCC(C)(C2=[C]([Zr+2][C]3=C(C4(C)CCCC(C(C)(C)C(C)C)C4)C=CC3)CC=C2)C1.[Cl-].[Cl-]. The van der Waals surface area contributed by atoms with Crippen molar-refractivity contribution in [2.75, 3.05) is 0 Å². The van der Waals surface area contributed by atoms with E-state index in [2.05, 4.69) is 93.5 Å². The van der Waals surface area contributed by atoms with E-state index in [-0.39, 0.29) is 24.8 Å². The molecule has 0 amide bonds. The summed E-state index contributed by atoms with van der Waals surface area (Å²) in [4.78, 5) is 0. The zero-order chi connectivity index (χ0) is 27.2. The van der Waals surface area contributed by atoms with Crippen LogP contribution in [0.5, 0.6) is 0 Å². The van der Waals surface area contributed by atoms with Crippen LogP contribution in [0, 0.1) is 45.3 Å². The largest absolute Gasteiger partial charge is 1.00 e. The van der Waals surface area contributed by atoms with E-state index in [0.29, 0.717) is 21.7 Å². The molecule has 0 nitrogen and oxygen atoms in total. The minimum Gasteiger partial charge on any atom is -1.00 e. The minimum atomic E-state index is -0.754. The molecule has 4 atom stereocenters. The number of halogens is 2. The molecule has 39 heavy (non-hydrogen) atoms. The zero-order valence-corrected chi connectivity index (χ0v) is 30.9. The van der Waals surface area contributed by atoms with Crippen molar-refractivity contribution in [3.05, 3.63) is 42.0 Å². The van der Waals surface area contributed by atoms with Crippen LogP contribution in [-0.2, 0) is 23.2 Å². The maximum Gasteiger partial charge on any atom is -1.00 e. The van der Waals surface area contributed by atoms with E-state index in [1.165, 1.54) is 64.2 Å². The molecule has 4 aliphatic rings. The van der Waals surface area contributed by atoms with Crippen molar-refractivity contribution in [1.82, 2.24) is 0 Å². The summed E-state index contributed by atoms with van der Waals surface area (Å²) in [6.07, 6.45) is 24.0. The Morgan fingerprint density at radius 1 is 0.692 bits per heavy atom. The van der Waals surface area contributed by atoms with E-state index >= 15 is 0 Å². The van der Waals surface area contributed by atoms with E-state index in [9.17, 15) is 0 Å². The molecule has 0 aliphatic heterocycles. The molecule has 0 aromatic carbocycles. The summed E-state index contributed by atoms with van der Waals surface area (Å²) in [5.74, 6) is 3.21. The molecule has 0 aromatic rings. The van der Waals surface area contributed by atoms with Gasteiger partial charge in [0.2, 0.25) is 0 Å². The van der Waals surface area contributed by atoms with Crippen molar-refractivity contribution in [1.29, 1.82) is 0 Å². The molecule has 0 aromatic heterocycles. The topological polar surface area (TPSA) is 0 Å². The van der Waals surface area contributed by atoms with Gasteiger partial charge >= 0.3 is 244 Å². The van der Waals surface area contributed by atoms with E-state index in [4.69, 9.17) is 0 Å². The quantitative estimate of drug-likeness (QED) is 0.336. The van der Waals surface area contributed by atoms with Crippen molar-refractivity contribution >= 4 is 0 Å². The molecule has 4 aliphatic carbocycles. The van der Waals surface area contributed by atoms with Crippen molar-refractivity contribution < 1.29 is 48.0 Å². The van der Waals surface area contributed by atoms with Gasteiger partial charge in [0.05, 0.1) is 0 Å². The van der Waals surface area contributed by atoms with Gasteiger partial charge in [0.25, 0.3) is 0 Å². The molecule has 4 rings (SSSR count). The van der Waals surface area contributed by atoms with Gasteiger partial charge < -0.3 is 24.8 Å². The van der Waals surface area contributed by atoms with Gasteiger partial charge in [-0.15, -0.1) is 0 Å². The molecule has 0 spiro atoms. The Kier molecular flexibility index (Phi) is 12.2. The second-order valence-electron chi connectivity index (χ2n) is 15.8. The molecule has 4 unspecified atom stereocenters. The predicted molar refractivity (Wildman–Crippen MR) is 159 cm³/mol. The summed E-state index contributed by atoms with van der Waals surface area (Å²) in [5.41, 5.74) is 5.26. The van der Waals surface area contributed by atoms with E-state index in [0.717, 1.165) is 23.7 Å². The molecule has 0 bridgehead atoms. The second kappa shape index (κ2) is 13.4. The van der Waals surface area contributed by atoms with Crippen LogP contribution in [0.4, 0.5) is 0 Å². The minimum absolute atomic E-state index is 0. The third-order valence-electron chi connectivity index (χ3n) is 12.5. The second-order valence-corrected chi connectivity index (χ2v) is 19.4. The monoisotopic (exact) mass is 650 g/mol. The van der Waals surface area contributed by atoms with Crippen LogP contribution < -0.4 is 24.8 Å². The van der Waals surface area contributed by atoms with Crippen LogP contribution in [0.2, 0.25) is 0 Å². The first kappa shape index (κ1) is 35.6. The van der Waals surface area contributed by atoms with Crippen LogP contribution in [0.1, 0.15) is 133 Å². The first-order valence-corrected chi connectivity index (χ1v) is 18.2. The summed E-state index contributed by atoms with van der Waals surface area (Å²) in [5, 5.41) is 0. The normalized spacial score (nSPS) is 31.6. The number of allylic oxidation sites excluding steroid dienone is 8. The maximum atomic E-state index is 2.64. The van der Waals surface area contributed by atoms with Crippen molar-refractivity contribution in [2.45, 2.75) is 133 Å². The Balaban J connectivity index is 0.00000267. The molecule has 3 heteroatoms. The molecule has 0 saturated heterocycles. The molecule has 0 heterocycles. The van der Waals surface area contributed by atoms with Crippen LogP contribution in [0.25, 0.3) is 0 Å². The van der Waals surface area contributed by atoms with Gasteiger partial charge in [-0.2, -0.15) is 0 Å². The molecular formula is C36H58Cl2Zr. The standard InChI is InChI=1S/2C18H29.2ClH.Zr/c2*1-14(2)17(3,4)16-11-8-12-18(5,13-16)15-9-6-7-10-15;;;/h2*6,9,14,16H,7-8,11-13H2,1-5H3;2*1H;/q;;;;+2/p-2. The average molecular weight is 653 g/mol. The number of hydrogen-bond acceptors (Lipinski definition) is 0. The maximum absolute atomic E-state index is 2.64. The fourth-order valence-corrected chi connectivity index (χ4v) is 12.8. The van der Waals surface area contributed by atoms with Crippen molar-refractivity contribution in [2.24, 2.45) is 45.3 Å². The molecular weight excluding hydrogens is 595 g/mol. The molecule has 2 fully saturated rings. The van der Waals surface area contributed by atoms with Gasteiger partial charge in [0.1, 0.15) is 0 Å². The Labute approximate surface area is 267 Å². The summed E-state index contributed by atoms with van der Waals surface area (Å²) in [6, 6.07) is 0. The van der Waals surface area contributed by atoms with E-state index in [1.807, 2.05) is 6.56 Å². The van der Waals surface area contributed by atoms with Crippen molar-refractivity contribution in [3.63, 3.8) is 0 Å². The van der Waals surface area contributed by atoms with Crippen LogP contribution in [0.3, 0.4) is 0 Å². The first-order chi connectivity index (χ1) is 17.2. The predicted octanol–water partition coefficient (Wildman–Crippen LogP) is 5.26. The number of hydrogen-bond donors (Lipinski definition) is 0. The van der Waals surface area contributed by atoms with E-state index in [1.54, 1.807) is 11.1 Å². The third-order valence-corrected chi connectivity index (χ3v) is 16.3. The molecule has 0 radical (unpaired) electrons. The Bertz CT molecular complexity index is 900. The molecule has 0 N–H and O–H groups in total. The smallest absolute Gasteiger partial charge is 1.00 e. The fraction of sp³-hybridized carbons (Fsp3) is 0.778. The van der Waals surface area contributed by atoms with Crippen LogP contribution in [-0.4, -0.2) is 0 Å². The molecule has 2 saturated carbocycles. The summed E-state index contributed by atoms with van der Waals surface area (Å²) < 4.78 is 3.84. The zero-order valence-electron chi connectivity index (χ0n) is 26.9. The fourth-order valence-electron chi connectivity index (χ4n) is 8.24. The summed E-state index contributed by atoms with van der Waals surface area (Å²) >= 11 is -0.754. The van der Waals surface area contributed by atoms with Gasteiger partial charge in [-0.1, -0.05) is 0 Å². The summed E-state index contributed by atoms with van der Waals surface area (Å²) in [7, 11) is 0. The van der Waals surface area contributed by atoms with Gasteiger partial charge in [-0.05, 0) is 0 Å². The van der Waals surface area contributed by atoms with Gasteiger partial charge in [0.15, 0.2) is 0 Å². The van der Waals surface area contributed by atoms with Crippen molar-refractivity contribution in [3.8, 4) is 0 Å². The Morgan fingerprint density at radius 2 is 1.05 bits per heavy atom. The first-order valence-electron chi connectivity index (χ1n) is 15.8. The Morgan fingerprint density at radius 3 is 1.38 bits per heavy atom. The van der Waals surface area contributed by atoms with Gasteiger partial charge in [-0.25, -0.2) is 0 Å². The molecule has 220 valence electrons. The number of rotatable bonds is 8. The van der Waals surface area contributed by atoms with Gasteiger partial charge in [-0.3, -0.25) is 0 Å². The Hall–Kier alpha value is 0.423.